The molecule has 0 unspecified atom stereocenters. The molecular formula is C13H13ClN2O2. The van der Waals surface area contributed by atoms with Crippen LogP contribution in [-0.4, -0.2) is 31.3 Å². The van der Waals surface area contributed by atoms with Gasteiger partial charge in [0.2, 0.25) is 5.56 Å². The molecule has 1 aliphatic rings. The minimum Gasteiger partial charge on any atom is -0.378 e. The first-order chi connectivity index (χ1) is 8.74. The summed E-state index contributed by atoms with van der Waals surface area (Å²) < 4.78 is 5.33. The molecule has 0 spiro atoms. The van der Waals surface area contributed by atoms with E-state index in [9.17, 15) is 4.79 Å². The summed E-state index contributed by atoms with van der Waals surface area (Å²) in [5.41, 5.74) is 1.69. The molecule has 0 aliphatic carbocycles. The molecule has 0 amide bonds. The molecule has 3 rings (SSSR count). The third-order valence-electron chi connectivity index (χ3n) is 3.15. The molecule has 18 heavy (non-hydrogen) atoms. The summed E-state index contributed by atoms with van der Waals surface area (Å²) >= 11 is 6.05. The van der Waals surface area contributed by atoms with Crippen molar-refractivity contribution in [2.24, 2.45) is 0 Å². The van der Waals surface area contributed by atoms with Crippen molar-refractivity contribution in [2.75, 3.05) is 31.2 Å². The van der Waals surface area contributed by atoms with Gasteiger partial charge in [0.05, 0.1) is 23.8 Å². The Labute approximate surface area is 109 Å². The topological polar surface area (TPSA) is 45.3 Å². The quantitative estimate of drug-likeness (QED) is 0.857. The number of nitrogens with zero attached hydrogens (tertiary/aromatic N) is 1. The molecule has 1 aromatic carbocycles. The van der Waals surface area contributed by atoms with Gasteiger partial charge in [-0.3, -0.25) is 4.79 Å². The van der Waals surface area contributed by atoms with Gasteiger partial charge >= 0.3 is 0 Å². The number of hydrogen-bond donors (Lipinski definition) is 1. The molecule has 0 bridgehead atoms. The number of fused-ring (bicyclic) bond motifs is 1. The van der Waals surface area contributed by atoms with Crippen LogP contribution in [0.5, 0.6) is 0 Å². The molecule has 1 aliphatic heterocycles. The fraction of sp³-hybridized carbons (Fsp3) is 0.308. The van der Waals surface area contributed by atoms with Crippen LogP contribution >= 0.6 is 11.6 Å². The summed E-state index contributed by atoms with van der Waals surface area (Å²) in [5, 5.41) is 1.36. The molecule has 1 aromatic heterocycles. The first kappa shape index (κ1) is 11.6. The number of benzene rings is 1. The van der Waals surface area contributed by atoms with Gasteiger partial charge in [0, 0.05) is 30.2 Å². The number of anilines is 1. The normalized spacial score (nSPS) is 16.2. The highest BCUT2D eigenvalue weighted by Gasteiger charge is 2.12. The fourth-order valence-electron chi connectivity index (χ4n) is 2.22. The summed E-state index contributed by atoms with van der Waals surface area (Å²) in [5.74, 6) is 0. The zero-order valence-electron chi connectivity index (χ0n) is 9.78. The standard InChI is InChI=1S/C13H13ClN2O2/c14-11-8-13(17)15-12-7-9(1-2-10(11)12)16-3-5-18-6-4-16/h1-2,7-8H,3-6H2,(H,15,17). The van der Waals surface area contributed by atoms with Crippen LogP contribution in [0.25, 0.3) is 10.9 Å². The van der Waals surface area contributed by atoms with Gasteiger partial charge < -0.3 is 14.6 Å². The average Bonchev–Trinajstić information content (AvgIpc) is 2.39. The Morgan fingerprint density at radius 2 is 2.00 bits per heavy atom. The average molecular weight is 265 g/mol. The van der Waals surface area contributed by atoms with Gasteiger partial charge in [-0.15, -0.1) is 0 Å². The number of ether oxygens (including phenoxy) is 1. The van der Waals surface area contributed by atoms with E-state index >= 15 is 0 Å². The molecule has 2 heterocycles. The number of pyridine rings is 1. The Bertz CT molecular complexity index is 632. The van der Waals surface area contributed by atoms with E-state index in [0.29, 0.717) is 5.02 Å². The highest BCUT2D eigenvalue weighted by molar-refractivity contribution is 6.35. The number of aromatic amines is 1. The highest BCUT2D eigenvalue weighted by atomic mass is 35.5. The predicted octanol–water partition coefficient (Wildman–Crippen LogP) is 2.02. The van der Waals surface area contributed by atoms with Crippen LogP contribution in [0.3, 0.4) is 0 Å². The lowest BCUT2D eigenvalue weighted by molar-refractivity contribution is 0.122. The molecule has 1 fully saturated rings. The second kappa shape index (κ2) is 4.63. The van der Waals surface area contributed by atoms with E-state index in [1.807, 2.05) is 18.2 Å². The summed E-state index contributed by atoms with van der Waals surface area (Å²) in [6, 6.07) is 7.34. The summed E-state index contributed by atoms with van der Waals surface area (Å²) in [6.07, 6.45) is 0. The van der Waals surface area contributed by atoms with Crippen molar-refractivity contribution in [1.82, 2.24) is 4.98 Å². The molecule has 0 atom stereocenters. The molecule has 94 valence electrons. The van der Waals surface area contributed by atoms with Crippen LogP contribution in [0.2, 0.25) is 5.02 Å². The number of nitrogens with one attached hydrogen (secondary N) is 1. The largest absolute Gasteiger partial charge is 0.378 e. The van der Waals surface area contributed by atoms with Crippen molar-refractivity contribution in [3.05, 3.63) is 39.6 Å². The molecule has 0 saturated carbocycles. The van der Waals surface area contributed by atoms with Crippen molar-refractivity contribution in [3.8, 4) is 0 Å². The molecule has 4 nitrogen and oxygen atoms in total. The first-order valence-corrected chi connectivity index (χ1v) is 6.27. The number of morpholine rings is 1. The van der Waals surface area contributed by atoms with E-state index in [-0.39, 0.29) is 5.56 Å². The lowest BCUT2D eigenvalue weighted by Gasteiger charge is -2.29. The summed E-state index contributed by atoms with van der Waals surface area (Å²) in [6.45, 7) is 3.22. The SMILES string of the molecule is O=c1cc(Cl)c2ccc(N3CCOCC3)cc2[nH]1. The zero-order valence-corrected chi connectivity index (χ0v) is 10.5. The monoisotopic (exact) mass is 264 g/mol. The number of rotatable bonds is 1. The van der Waals surface area contributed by atoms with Crippen LogP contribution < -0.4 is 10.5 Å². The van der Waals surface area contributed by atoms with Gasteiger partial charge in [0.1, 0.15) is 0 Å². The van der Waals surface area contributed by atoms with E-state index in [4.69, 9.17) is 16.3 Å². The molecule has 1 saturated heterocycles. The fourth-order valence-corrected chi connectivity index (χ4v) is 2.49. The van der Waals surface area contributed by atoms with E-state index < -0.39 is 0 Å². The molecular weight excluding hydrogens is 252 g/mol. The van der Waals surface area contributed by atoms with Crippen molar-refractivity contribution in [1.29, 1.82) is 0 Å². The van der Waals surface area contributed by atoms with E-state index in [2.05, 4.69) is 9.88 Å². The smallest absolute Gasteiger partial charge is 0.249 e. The molecule has 1 N–H and O–H groups in total. The van der Waals surface area contributed by atoms with Crippen molar-refractivity contribution >= 4 is 28.2 Å². The Balaban J connectivity index is 2.07. The second-order valence-electron chi connectivity index (χ2n) is 4.31. The van der Waals surface area contributed by atoms with Gasteiger partial charge in [-0.05, 0) is 18.2 Å². The predicted molar refractivity (Wildman–Crippen MR) is 72.6 cm³/mol. The van der Waals surface area contributed by atoms with Gasteiger partial charge in [-0.25, -0.2) is 0 Å². The van der Waals surface area contributed by atoms with Crippen molar-refractivity contribution in [2.45, 2.75) is 0 Å². The van der Waals surface area contributed by atoms with Gasteiger partial charge in [-0.1, -0.05) is 11.6 Å². The zero-order chi connectivity index (χ0) is 12.5. The third kappa shape index (κ3) is 2.09. The molecule has 0 radical (unpaired) electrons. The summed E-state index contributed by atoms with van der Waals surface area (Å²) in [4.78, 5) is 16.5. The molecule has 2 aromatic rings. The lowest BCUT2D eigenvalue weighted by Crippen LogP contribution is -2.36. The maximum atomic E-state index is 11.4. The Morgan fingerprint density at radius 3 is 2.78 bits per heavy atom. The van der Waals surface area contributed by atoms with Gasteiger partial charge in [-0.2, -0.15) is 0 Å². The lowest BCUT2D eigenvalue weighted by atomic mass is 10.2. The highest BCUT2D eigenvalue weighted by Crippen LogP contribution is 2.25. The van der Waals surface area contributed by atoms with Crippen LogP contribution in [0, 0.1) is 0 Å². The Hall–Kier alpha value is -1.52. The third-order valence-corrected chi connectivity index (χ3v) is 3.47. The second-order valence-corrected chi connectivity index (χ2v) is 4.72. The number of H-pyrrole nitrogens is 1. The van der Waals surface area contributed by atoms with Crippen LogP contribution in [0.15, 0.2) is 29.1 Å². The van der Waals surface area contributed by atoms with Crippen LogP contribution in [0.1, 0.15) is 0 Å². The minimum atomic E-state index is -0.174. The maximum Gasteiger partial charge on any atom is 0.249 e. The van der Waals surface area contributed by atoms with Crippen molar-refractivity contribution < 1.29 is 4.74 Å². The van der Waals surface area contributed by atoms with E-state index in [0.717, 1.165) is 42.9 Å². The van der Waals surface area contributed by atoms with Crippen molar-refractivity contribution in [3.63, 3.8) is 0 Å². The number of hydrogen-bond acceptors (Lipinski definition) is 3. The summed E-state index contributed by atoms with van der Waals surface area (Å²) in [7, 11) is 0. The Kier molecular flexibility index (Phi) is 2.97. The Morgan fingerprint density at radius 1 is 1.22 bits per heavy atom. The van der Waals surface area contributed by atoms with E-state index in [1.54, 1.807) is 0 Å². The molecule has 5 heteroatoms. The van der Waals surface area contributed by atoms with Gasteiger partial charge in [0.25, 0.3) is 0 Å². The van der Waals surface area contributed by atoms with Gasteiger partial charge in [0.15, 0.2) is 0 Å². The first-order valence-electron chi connectivity index (χ1n) is 5.89. The number of halogens is 1. The number of aromatic nitrogens is 1. The minimum absolute atomic E-state index is 0.174. The van der Waals surface area contributed by atoms with Crippen LogP contribution in [-0.2, 0) is 4.74 Å². The van der Waals surface area contributed by atoms with E-state index in [1.165, 1.54) is 6.07 Å². The van der Waals surface area contributed by atoms with Crippen LogP contribution in [0.4, 0.5) is 5.69 Å². The maximum absolute atomic E-state index is 11.4.